The molecule has 1 aromatic heterocycles. The Morgan fingerprint density at radius 2 is 2.26 bits per heavy atom. The Balaban J connectivity index is 2.34. The topological polar surface area (TPSA) is 68.2 Å². The molecule has 2 N–H and O–H groups in total. The highest BCUT2D eigenvalue weighted by atomic mass is 16.5. The van der Waals surface area contributed by atoms with Crippen molar-refractivity contribution in [2.75, 3.05) is 26.8 Å². The largest absolute Gasteiger partial charge is 0.383 e. The maximum absolute atomic E-state index is 11.5. The molecule has 0 spiro atoms. The second-order valence-corrected chi connectivity index (χ2v) is 4.81. The molecule has 0 bridgehead atoms. The minimum atomic E-state index is -0.0213. The third-order valence-corrected chi connectivity index (χ3v) is 2.71. The Bertz CT molecular complexity index is 401. The van der Waals surface area contributed by atoms with Crippen molar-refractivity contribution >= 4 is 5.91 Å². The molecule has 1 amide bonds. The van der Waals surface area contributed by atoms with E-state index in [1.807, 2.05) is 17.9 Å². The number of amides is 1. The van der Waals surface area contributed by atoms with Crippen molar-refractivity contribution in [2.24, 2.45) is 7.05 Å². The molecular weight excluding hydrogens is 244 g/mol. The van der Waals surface area contributed by atoms with E-state index in [4.69, 9.17) is 4.74 Å². The summed E-state index contributed by atoms with van der Waals surface area (Å²) in [6, 6.07) is 0. The van der Waals surface area contributed by atoms with Gasteiger partial charge < -0.3 is 15.4 Å². The van der Waals surface area contributed by atoms with Gasteiger partial charge in [-0.3, -0.25) is 9.48 Å². The first kappa shape index (κ1) is 15.7. The van der Waals surface area contributed by atoms with Crippen molar-refractivity contribution in [1.29, 1.82) is 0 Å². The third kappa shape index (κ3) is 5.40. The summed E-state index contributed by atoms with van der Waals surface area (Å²) in [4.78, 5) is 11.5. The minimum absolute atomic E-state index is 0.0213. The second-order valence-electron chi connectivity index (χ2n) is 4.81. The molecule has 1 aromatic rings. The number of ether oxygens (including phenoxy) is 1. The second kappa shape index (κ2) is 7.91. The molecule has 0 saturated heterocycles. The van der Waals surface area contributed by atoms with Gasteiger partial charge in [-0.15, -0.1) is 0 Å². The quantitative estimate of drug-likeness (QED) is 0.670. The van der Waals surface area contributed by atoms with Crippen LogP contribution < -0.4 is 10.6 Å². The summed E-state index contributed by atoms with van der Waals surface area (Å²) in [6.45, 7) is 6.26. The SMILES string of the molecule is COCCNC(=O)CNCc1cn(C)nc1C(C)C. The van der Waals surface area contributed by atoms with Crippen molar-refractivity contribution in [1.82, 2.24) is 20.4 Å². The minimum Gasteiger partial charge on any atom is -0.383 e. The molecule has 0 saturated carbocycles. The number of nitrogens with one attached hydrogen (secondary N) is 2. The highest BCUT2D eigenvalue weighted by Gasteiger charge is 2.11. The van der Waals surface area contributed by atoms with Gasteiger partial charge in [-0.2, -0.15) is 5.10 Å². The van der Waals surface area contributed by atoms with E-state index < -0.39 is 0 Å². The molecule has 1 rings (SSSR count). The average Bonchev–Trinajstić information content (AvgIpc) is 2.71. The Morgan fingerprint density at radius 1 is 1.53 bits per heavy atom. The first-order chi connectivity index (χ1) is 9.04. The fourth-order valence-corrected chi connectivity index (χ4v) is 1.84. The Morgan fingerprint density at radius 3 is 2.89 bits per heavy atom. The van der Waals surface area contributed by atoms with Crippen LogP contribution in [0.3, 0.4) is 0 Å². The zero-order valence-electron chi connectivity index (χ0n) is 12.2. The van der Waals surface area contributed by atoms with Crippen molar-refractivity contribution in [3.05, 3.63) is 17.5 Å². The zero-order chi connectivity index (χ0) is 14.3. The molecule has 0 aliphatic rings. The van der Waals surface area contributed by atoms with Gasteiger partial charge in [0.2, 0.25) is 5.91 Å². The lowest BCUT2D eigenvalue weighted by Crippen LogP contribution is -2.35. The van der Waals surface area contributed by atoms with E-state index in [9.17, 15) is 4.79 Å². The summed E-state index contributed by atoms with van der Waals surface area (Å²) in [7, 11) is 3.52. The number of rotatable bonds is 8. The molecular formula is C13H24N4O2. The molecule has 0 radical (unpaired) electrons. The average molecular weight is 268 g/mol. The van der Waals surface area contributed by atoms with Crippen molar-refractivity contribution in [3.8, 4) is 0 Å². The van der Waals surface area contributed by atoms with Crippen LogP contribution in [-0.4, -0.2) is 42.5 Å². The van der Waals surface area contributed by atoms with Crippen LogP contribution >= 0.6 is 0 Å². The van der Waals surface area contributed by atoms with E-state index >= 15 is 0 Å². The van der Waals surface area contributed by atoms with Gasteiger partial charge >= 0.3 is 0 Å². The van der Waals surface area contributed by atoms with Crippen LogP contribution in [0.15, 0.2) is 6.20 Å². The van der Waals surface area contributed by atoms with E-state index in [-0.39, 0.29) is 5.91 Å². The number of methoxy groups -OCH3 is 1. The van der Waals surface area contributed by atoms with Crippen LogP contribution in [-0.2, 0) is 23.1 Å². The van der Waals surface area contributed by atoms with E-state index in [2.05, 4.69) is 29.6 Å². The summed E-state index contributed by atoms with van der Waals surface area (Å²) in [6.07, 6.45) is 1.99. The molecule has 0 aromatic carbocycles. The molecule has 0 aliphatic carbocycles. The summed E-state index contributed by atoms with van der Waals surface area (Å²) >= 11 is 0. The van der Waals surface area contributed by atoms with Gasteiger partial charge in [-0.05, 0) is 5.92 Å². The predicted molar refractivity (Wildman–Crippen MR) is 73.9 cm³/mol. The molecule has 6 heteroatoms. The molecule has 0 atom stereocenters. The maximum atomic E-state index is 11.5. The van der Waals surface area contributed by atoms with Gasteiger partial charge in [-0.25, -0.2) is 0 Å². The molecule has 0 unspecified atom stereocenters. The fraction of sp³-hybridized carbons (Fsp3) is 0.692. The molecule has 108 valence electrons. The van der Waals surface area contributed by atoms with Crippen LogP contribution in [0.1, 0.15) is 31.0 Å². The smallest absolute Gasteiger partial charge is 0.234 e. The molecule has 6 nitrogen and oxygen atoms in total. The van der Waals surface area contributed by atoms with Gasteiger partial charge in [0, 0.05) is 39.0 Å². The Kier molecular flexibility index (Phi) is 6.52. The van der Waals surface area contributed by atoms with E-state index in [0.717, 1.165) is 11.3 Å². The number of carbonyl (C=O) groups is 1. The number of hydrogen-bond acceptors (Lipinski definition) is 4. The summed E-state index contributed by atoms with van der Waals surface area (Å²) in [5.41, 5.74) is 2.22. The Hall–Kier alpha value is -1.40. The van der Waals surface area contributed by atoms with Crippen molar-refractivity contribution in [3.63, 3.8) is 0 Å². The lowest BCUT2D eigenvalue weighted by molar-refractivity contribution is -0.120. The number of carbonyl (C=O) groups excluding carboxylic acids is 1. The van der Waals surface area contributed by atoms with E-state index in [0.29, 0.717) is 32.2 Å². The molecule has 1 heterocycles. The number of nitrogens with zero attached hydrogens (tertiary/aromatic N) is 2. The molecule has 0 aliphatic heterocycles. The van der Waals surface area contributed by atoms with Crippen molar-refractivity contribution < 1.29 is 9.53 Å². The van der Waals surface area contributed by atoms with Crippen molar-refractivity contribution in [2.45, 2.75) is 26.3 Å². The van der Waals surface area contributed by atoms with Crippen LogP contribution in [0, 0.1) is 0 Å². The predicted octanol–water partition coefficient (Wildman–Crippen LogP) is 0.396. The van der Waals surface area contributed by atoms with E-state index in [1.54, 1.807) is 7.11 Å². The van der Waals surface area contributed by atoms with Crippen LogP contribution in [0.4, 0.5) is 0 Å². The number of hydrogen-bond donors (Lipinski definition) is 2. The summed E-state index contributed by atoms with van der Waals surface area (Å²) in [5, 5.41) is 10.3. The summed E-state index contributed by atoms with van der Waals surface area (Å²) < 4.78 is 6.68. The van der Waals surface area contributed by atoms with Crippen LogP contribution in [0.5, 0.6) is 0 Å². The zero-order valence-corrected chi connectivity index (χ0v) is 12.2. The van der Waals surface area contributed by atoms with Gasteiger partial charge in [0.15, 0.2) is 0 Å². The van der Waals surface area contributed by atoms with Gasteiger partial charge in [0.25, 0.3) is 0 Å². The normalized spacial score (nSPS) is 11.0. The van der Waals surface area contributed by atoms with Gasteiger partial charge in [-0.1, -0.05) is 13.8 Å². The highest BCUT2D eigenvalue weighted by Crippen LogP contribution is 2.16. The van der Waals surface area contributed by atoms with E-state index in [1.165, 1.54) is 0 Å². The fourth-order valence-electron chi connectivity index (χ4n) is 1.84. The number of aryl methyl sites for hydroxylation is 1. The first-order valence-corrected chi connectivity index (χ1v) is 6.53. The monoisotopic (exact) mass is 268 g/mol. The molecule has 0 fully saturated rings. The first-order valence-electron chi connectivity index (χ1n) is 6.53. The lowest BCUT2D eigenvalue weighted by atomic mass is 10.1. The van der Waals surface area contributed by atoms with Crippen LogP contribution in [0.2, 0.25) is 0 Å². The highest BCUT2D eigenvalue weighted by molar-refractivity contribution is 5.77. The van der Waals surface area contributed by atoms with Gasteiger partial charge in [0.05, 0.1) is 18.8 Å². The third-order valence-electron chi connectivity index (χ3n) is 2.71. The number of aromatic nitrogens is 2. The maximum Gasteiger partial charge on any atom is 0.234 e. The van der Waals surface area contributed by atoms with Gasteiger partial charge in [0.1, 0.15) is 0 Å². The molecule has 19 heavy (non-hydrogen) atoms. The Labute approximate surface area is 114 Å². The summed E-state index contributed by atoms with van der Waals surface area (Å²) in [5.74, 6) is 0.362. The standard InChI is InChI=1S/C13H24N4O2/c1-10(2)13-11(9-17(3)16-13)7-14-8-12(18)15-5-6-19-4/h9-10,14H,5-8H2,1-4H3,(H,15,18). The van der Waals surface area contributed by atoms with Crippen LogP contribution in [0.25, 0.3) is 0 Å². The lowest BCUT2D eigenvalue weighted by Gasteiger charge is -2.07.